The third kappa shape index (κ3) is 9.42. The van der Waals surface area contributed by atoms with Gasteiger partial charge in [-0.25, -0.2) is 23.2 Å². The van der Waals surface area contributed by atoms with Gasteiger partial charge in [0.25, 0.3) is 0 Å². The molecule has 0 unspecified atom stereocenters. The molecule has 0 saturated carbocycles. The highest BCUT2D eigenvalue weighted by Crippen LogP contribution is 2.33. The second kappa shape index (κ2) is 16.8. The third-order valence-corrected chi connectivity index (χ3v) is 8.17. The summed E-state index contributed by atoms with van der Waals surface area (Å²) in [6.45, 7) is 1.29. The van der Waals surface area contributed by atoms with Gasteiger partial charge in [0.1, 0.15) is 42.3 Å². The monoisotopic (exact) mass is 725 g/mol. The summed E-state index contributed by atoms with van der Waals surface area (Å²) in [6.07, 6.45) is -5.25. The van der Waals surface area contributed by atoms with Crippen molar-refractivity contribution in [3.05, 3.63) is 77.9 Å². The molecule has 5 rings (SSSR count). The quantitative estimate of drug-likeness (QED) is 0.180. The topological polar surface area (TPSA) is 185 Å². The normalized spacial score (nSPS) is 17.2. The van der Waals surface area contributed by atoms with Crippen LogP contribution in [0.1, 0.15) is 18.9 Å². The number of aliphatic hydroxyl groups excluding tert-OH is 1. The Hall–Kier alpha value is -5.97. The minimum absolute atomic E-state index is 0.0174. The Morgan fingerprint density at radius 3 is 1.88 bits per heavy atom. The largest absolute Gasteiger partial charge is 0.497 e. The molecular weight excluding hydrogens is 688 g/mol. The molecule has 3 aromatic rings. The number of rotatable bonds is 14. The van der Waals surface area contributed by atoms with Crippen molar-refractivity contribution in [1.82, 2.24) is 16.0 Å². The summed E-state index contributed by atoms with van der Waals surface area (Å²) in [5.74, 6) is -2.01. The first-order valence-corrected chi connectivity index (χ1v) is 16.2. The van der Waals surface area contributed by atoms with Crippen LogP contribution in [0.25, 0.3) is 11.1 Å². The highest BCUT2D eigenvalue weighted by molar-refractivity contribution is 5.91. The number of carbonyl (C=O) groups excluding carboxylic acids is 5. The Morgan fingerprint density at radius 1 is 0.846 bits per heavy atom. The van der Waals surface area contributed by atoms with Crippen LogP contribution in [-0.4, -0.2) is 93.3 Å². The van der Waals surface area contributed by atoms with E-state index in [-0.39, 0.29) is 74.2 Å². The van der Waals surface area contributed by atoms with Crippen LogP contribution >= 0.6 is 0 Å². The molecule has 5 amide bonds. The molecule has 4 N–H and O–H groups in total. The molecule has 17 heteroatoms. The van der Waals surface area contributed by atoms with Gasteiger partial charge in [0, 0.05) is 24.6 Å². The number of anilines is 2. The zero-order chi connectivity index (χ0) is 37.4. The third-order valence-electron chi connectivity index (χ3n) is 8.17. The SMILES string of the molecule is COc1ccc(COC(=O)NCC[C@H](O)C(=O)NC[C@H]2CN(c3ccc(-c4ccc(N5C[C@@H](CNC(C)=O)OC5=O)cc4F)c(F)c3)C(=O)O2)cc1. The van der Waals surface area contributed by atoms with E-state index in [1.54, 1.807) is 24.3 Å². The Morgan fingerprint density at radius 2 is 1.38 bits per heavy atom. The number of benzene rings is 3. The molecule has 2 saturated heterocycles. The van der Waals surface area contributed by atoms with Gasteiger partial charge in [-0.2, -0.15) is 0 Å². The summed E-state index contributed by atoms with van der Waals surface area (Å²) < 4.78 is 51.2. The van der Waals surface area contributed by atoms with Crippen molar-refractivity contribution < 1.29 is 56.8 Å². The van der Waals surface area contributed by atoms with Crippen LogP contribution in [0, 0.1) is 11.6 Å². The number of nitrogens with one attached hydrogen (secondary N) is 3. The van der Waals surface area contributed by atoms with Crippen LogP contribution in [0.4, 0.5) is 34.5 Å². The van der Waals surface area contributed by atoms with E-state index < -0.39 is 54.1 Å². The minimum Gasteiger partial charge on any atom is -0.497 e. The molecule has 276 valence electrons. The smallest absolute Gasteiger partial charge is 0.414 e. The van der Waals surface area contributed by atoms with Crippen molar-refractivity contribution in [2.45, 2.75) is 38.3 Å². The van der Waals surface area contributed by atoms with Crippen molar-refractivity contribution >= 4 is 41.5 Å². The van der Waals surface area contributed by atoms with Crippen LogP contribution in [0.5, 0.6) is 5.75 Å². The Balaban J connectivity index is 1.07. The van der Waals surface area contributed by atoms with Gasteiger partial charge in [0.2, 0.25) is 11.8 Å². The molecule has 2 heterocycles. The predicted molar refractivity (Wildman–Crippen MR) is 181 cm³/mol. The van der Waals surface area contributed by atoms with E-state index in [0.29, 0.717) is 5.75 Å². The van der Waals surface area contributed by atoms with E-state index in [9.17, 15) is 29.1 Å². The molecule has 2 aliphatic rings. The summed E-state index contributed by atoms with van der Waals surface area (Å²) in [7, 11) is 1.54. The highest BCUT2D eigenvalue weighted by Gasteiger charge is 2.34. The second-order valence-electron chi connectivity index (χ2n) is 11.9. The van der Waals surface area contributed by atoms with Crippen LogP contribution in [0.15, 0.2) is 60.7 Å². The Bertz CT molecular complexity index is 1810. The fraction of sp³-hybridized carbons (Fsp3) is 0.343. The predicted octanol–water partition coefficient (Wildman–Crippen LogP) is 3.22. The van der Waals surface area contributed by atoms with Crippen molar-refractivity contribution in [3.63, 3.8) is 0 Å². The summed E-state index contributed by atoms with van der Waals surface area (Å²) in [6, 6.07) is 14.5. The van der Waals surface area contributed by atoms with Crippen molar-refractivity contribution in [2.75, 3.05) is 49.6 Å². The number of aliphatic hydroxyl groups is 1. The summed E-state index contributed by atoms with van der Waals surface area (Å²) >= 11 is 0. The molecular formula is C35H37F2N5O10. The number of ether oxygens (including phenoxy) is 4. The number of carbonyl (C=O) groups is 5. The Labute approximate surface area is 296 Å². The van der Waals surface area contributed by atoms with Gasteiger partial charge in [-0.05, 0) is 60.5 Å². The molecule has 3 aromatic carbocycles. The Kier molecular flexibility index (Phi) is 12.1. The summed E-state index contributed by atoms with van der Waals surface area (Å²) in [4.78, 5) is 62.8. The van der Waals surface area contributed by atoms with E-state index >= 15 is 8.78 Å². The van der Waals surface area contributed by atoms with E-state index in [2.05, 4.69) is 16.0 Å². The lowest BCUT2D eigenvalue weighted by atomic mass is 10.0. The fourth-order valence-electron chi connectivity index (χ4n) is 5.41. The van der Waals surface area contributed by atoms with Gasteiger partial charge >= 0.3 is 18.3 Å². The lowest BCUT2D eigenvalue weighted by Crippen LogP contribution is -2.41. The number of nitrogens with zero attached hydrogens (tertiary/aromatic N) is 2. The average molecular weight is 726 g/mol. The number of amides is 5. The van der Waals surface area contributed by atoms with Gasteiger partial charge in [-0.15, -0.1) is 0 Å². The average Bonchev–Trinajstić information content (AvgIpc) is 3.70. The lowest BCUT2D eigenvalue weighted by Gasteiger charge is -2.16. The number of cyclic esters (lactones) is 2. The van der Waals surface area contributed by atoms with Crippen molar-refractivity contribution in [2.24, 2.45) is 0 Å². The fourth-order valence-corrected chi connectivity index (χ4v) is 5.41. The maximum atomic E-state index is 15.3. The van der Waals surface area contributed by atoms with Crippen LogP contribution < -0.4 is 30.5 Å². The van der Waals surface area contributed by atoms with Gasteiger partial charge in [-0.1, -0.05) is 12.1 Å². The van der Waals surface area contributed by atoms with E-state index in [1.165, 1.54) is 43.2 Å². The van der Waals surface area contributed by atoms with Crippen molar-refractivity contribution in [1.29, 1.82) is 0 Å². The molecule has 0 aromatic heterocycles. The van der Waals surface area contributed by atoms with Gasteiger partial charge in [0.05, 0.1) is 44.7 Å². The second-order valence-corrected chi connectivity index (χ2v) is 11.9. The standard InChI is InChI=1S/C35H37F2N5O10/c1-20(43)39-15-25-17-41(34(47)51-25)22-5-9-27(29(36)13-22)28-10-6-23(14-30(28)37)42-18-26(52-35(42)48)16-40-32(45)31(44)11-12-38-33(46)50-19-21-3-7-24(49-2)8-4-21/h3-10,13-14,25-26,31,44H,11-12,15-19H2,1-2H3,(H,38,46)(H,39,43)(H,40,45)/t25-,26+,31+/m1/s1. The lowest BCUT2D eigenvalue weighted by molar-refractivity contribution is -0.130. The molecule has 0 spiro atoms. The molecule has 0 aliphatic carbocycles. The maximum Gasteiger partial charge on any atom is 0.414 e. The molecule has 3 atom stereocenters. The van der Waals surface area contributed by atoms with Crippen LogP contribution in [0.2, 0.25) is 0 Å². The number of methoxy groups -OCH3 is 1. The summed E-state index contributed by atoms with van der Waals surface area (Å²) in [5, 5.41) is 17.7. The van der Waals surface area contributed by atoms with Gasteiger partial charge < -0.3 is 40.0 Å². The maximum absolute atomic E-state index is 15.3. The number of hydrogen-bond donors (Lipinski definition) is 4. The van der Waals surface area contributed by atoms with E-state index in [4.69, 9.17) is 18.9 Å². The minimum atomic E-state index is -1.47. The zero-order valence-corrected chi connectivity index (χ0v) is 28.2. The first kappa shape index (κ1) is 37.3. The highest BCUT2D eigenvalue weighted by atomic mass is 19.1. The molecule has 0 bridgehead atoms. The van der Waals surface area contributed by atoms with Crippen LogP contribution in [-0.2, 0) is 30.4 Å². The first-order chi connectivity index (χ1) is 24.9. The van der Waals surface area contributed by atoms with Gasteiger partial charge in [-0.3, -0.25) is 19.4 Å². The van der Waals surface area contributed by atoms with E-state index in [1.807, 2.05) is 0 Å². The summed E-state index contributed by atoms with van der Waals surface area (Å²) in [5.41, 5.74) is 0.889. The number of halogens is 2. The molecule has 15 nitrogen and oxygen atoms in total. The molecule has 0 radical (unpaired) electrons. The van der Waals surface area contributed by atoms with Crippen molar-refractivity contribution in [3.8, 4) is 16.9 Å². The van der Waals surface area contributed by atoms with E-state index in [0.717, 1.165) is 22.6 Å². The van der Waals surface area contributed by atoms with Gasteiger partial charge in [0.15, 0.2) is 0 Å². The number of alkyl carbamates (subject to hydrolysis) is 1. The molecule has 2 fully saturated rings. The number of hydrogen-bond acceptors (Lipinski definition) is 10. The molecule has 52 heavy (non-hydrogen) atoms. The van der Waals surface area contributed by atoms with Crippen LogP contribution in [0.3, 0.4) is 0 Å². The molecule has 2 aliphatic heterocycles. The zero-order valence-electron chi connectivity index (χ0n) is 28.2. The first-order valence-electron chi connectivity index (χ1n) is 16.2.